The molecule has 2 atom stereocenters. The number of rotatable bonds is 5. The van der Waals surface area contributed by atoms with E-state index < -0.39 is 0 Å². The molecule has 1 aromatic carbocycles. The van der Waals surface area contributed by atoms with E-state index in [9.17, 15) is 4.79 Å². The van der Waals surface area contributed by atoms with E-state index in [-0.39, 0.29) is 17.9 Å². The van der Waals surface area contributed by atoms with Crippen LogP contribution in [0.1, 0.15) is 31.2 Å². The smallest absolute Gasteiger partial charge is 0.310 e. The highest BCUT2D eigenvalue weighted by Crippen LogP contribution is 2.25. The summed E-state index contributed by atoms with van der Waals surface area (Å²) in [4.78, 5) is 11.8. The molecule has 0 aliphatic heterocycles. The molecule has 0 spiro atoms. The number of esters is 1. The van der Waals surface area contributed by atoms with Gasteiger partial charge < -0.3 is 10.5 Å². The number of nitrogens with two attached hydrogens (primary N) is 1. The number of ether oxygens (including phenoxy) is 1. The Kier molecular flexibility index (Phi) is 4.76. The molecule has 1 aliphatic rings. The summed E-state index contributed by atoms with van der Waals surface area (Å²) in [6.45, 7) is 0.497. The number of benzene rings is 1. The van der Waals surface area contributed by atoms with Crippen LogP contribution in [0.3, 0.4) is 0 Å². The lowest BCUT2D eigenvalue weighted by Crippen LogP contribution is -2.32. The Morgan fingerprint density at radius 3 is 2.72 bits per heavy atom. The standard InChI is InChI=1S/C15H21NO2/c16-14-10-4-9-13(14)15(17)18-11-5-8-12-6-2-1-3-7-12/h1-3,6-7,13-14H,4-5,8-11,16H2. The molecule has 1 saturated carbocycles. The van der Waals surface area contributed by atoms with Gasteiger partial charge in [-0.05, 0) is 31.2 Å². The summed E-state index contributed by atoms with van der Waals surface area (Å²) in [6, 6.07) is 10.2. The van der Waals surface area contributed by atoms with Crippen LogP contribution in [0.2, 0.25) is 0 Å². The second-order valence-electron chi connectivity index (χ2n) is 4.96. The number of carbonyl (C=O) groups is 1. The molecule has 2 rings (SSSR count). The molecule has 2 N–H and O–H groups in total. The van der Waals surface area contributed by atoms with Crippen LogP contribution in [-0.2, 0) is 16.0 Å². The minimum Gasteiger partial charge on any atom is -0.465 e. The van der Waals surface area contributed by atoms with Crippen molar-refractivity contribution < 1.29 is 9.53 Å². The lowest BCUT2D eigenvalue weighted by atomic mass is 10.1. The minimum absolute atomic E-state index is 0.00613. The zero-order valence-electron chi connectivity index (χ0n) is 10.7. The zero-order valence-corrected chi connectivity index (χ0v) is 10.7. The zero-order chi connectivity index (χ0) is 12.8. The minimum atomic E-state index is -0.104. The van der Waals surface area contributed by atoms with Gasteiger partial charge in [-0.3, -0.25) is 4.79 Å². The predicted molar refractivity (Wildman–Crippen MR) is 71.0 cm³/mol. The van der Waals surface area contributed by atoms with Gasteiger partial charge in [0.05, 0.1) is 12.5 Å². The molecule has 0 heterocycles. The summed E-state index contributed by atoms with van der Waals surface area (Å²) in [7, 11) is 0. The van der Waals surface area contributed by atoms with Crippen LogP contribution in [0.15, 0.2) is 30.3 Å². The first-order valence-electron chi connectivity index (χ1n) is 6.73. The second kappa shape index (κ2) is 6.55. The van der Waals surface area contributed by atoms with Crippen molar-refractivity contribution in [3.05, 3.63) is 35.9 Å². The van der Waals surface area contributed by atoms with Crippen molar-refractivity contribution in [1.82, 2.24) is 0 Å². The van der Waals surface area contributed by atoms with E-state index in [1.165, 1.54) is 5.56 Å². The van der Waals surface area contributed by atoms with Gasteiger partial charge >= 0.3 is 5.97 Å². The van der Waals surface area contributed by atoms with Crippen LogP contribution in [0.5, 0.6) is 0 Å². The predicted octanol–water partition coefficient (Wildman–Crippen LogP) is 2.29. The Hall–Kier alpha value is -1.35. The van der Waals surface area contributed by atoms with Gasteiger partial charge in [-0.15, -0.1) is 0 Å². The van der Waals surface area contributed by atoms with Gasteiger partial charge in [0.1, 0.15) is 0 Å². The van der Waals surface area contributed by atoms with Crippen molar-refractivity contribution in [2.24, 2.45) is 11.7 Å². The molecule has 1 fully saturated rings. The van der Waals surface area contributed by atoms with E-state index in [2.05, 4.69) is 12.1 Å². The molecule has 98 valence electrons. The fourth-order valence-electron chi connectivity index (χ4n) is 2.48. The van der Waals surface area contributed by atoms with Crippen LogP contribution in [0, 0.1) is 5.92 Å². The third-order valence-electron chi connectivity index (χ3n) is 3.57. The molecule has 3 heteroatoms. The largest absolute Gasteiger partial charge is 0.465 e. The van der Waals surface area contributed by atoms with Gasteiger partial charge in [0, 0.05) is 6.04 Å². The summed E-state index contributed by atoms with van der Waals surface area (Å²) in [6.07, 6.45) is 4.70. The van der Waals surface area contributed by atoms with Crippen LogP contribution in [0.25, 0.3) is 0 Å². The van der Waals surface area contributed by atoms with Gasteiger partial charge in [-0.2, -0.15) is 0 Å². The van der Waals surface area contributed by atoms with Crippen LogP contribution in [-0.4, -0.2) is 18.6 Å². The Balaban J connectivity index is 1.65. The average Bonchev–Trinajstić information content (AvgIpc) is 2.82. The molecule has 18 heavy (non-hydrogen) atoms. The first-order valence-corrected chi connectivity index (χ1v) is 6.73. The van der Waals surface area contributed by atoms with E-state index in [1.54, 1.807) is 0 Å². The summed E-state index contributed by atoms with van der Waals surface area (Å²) >= 11 is 0. The fraction of sp³-hybridized carbons (Fsp3) is 0.533. The van der Waals surface area contributed by atoms with Gasteiger partial charge in [0.2, 0.25) is 0 Å². The van der Waals surface area contributed by atoms with E-state index in [1.807, 2.05) is 18.2 Å². The summed E-state index contributed by atoms with van der Waals surface area (Å²) in [5.74, 6) is -0.171. The molecule has 0 amide bonds. The lowest BCUT2D eigenvalue weighted by Gasteiger charge is -2.14. The highest BCUT2D eigenvalue weighted by atomic mass is 16.5. The SMILES string of the molecule is NC1CCCC1C(=O)OCCCc1ccccc1. The quantitative estimate of drug-likeness (QED) is 0.641. The number of aryl methyl sites for hydroxylation is 1. The normalized spacial score (nSPS) is 22.9. The molecule has 1 aromatic rings. The summed E-state index contributed by atoms with van der Waals surface area (Å²) < 4.78 is 5.30. The lowest BCUT2D eigenvalue weighted by molar-refractivity contribution is -0.148. The third-order valence-corrected chi connectivity index (χ3v) is 3.57. The molecular formula is C15H21NO2. The monoisotopic (exact) mass is 247 g/mol. The molecule has 0 saturated heterocycles. The first-order chi connectivity index (χ1) is 8.77. The average molecular weight is 247 g/mol. The summed E-state index contributed by atoms with van der Waals surface area (Å²) in [5, 5.41) is 0. The topological polar surface area (TPSA) is 52.3 Å². The Labute approximate surface area is 108 Å². The molecule has 2 unspecified atom stereocenters. The molecular weight excluding hydrogens is 226 g/mol. The molecule has 0 radical (unpaired) electrons. The van der Waals surface area contributed by atoms with Crippen molar-refractivity contribution in [2.75, 3.05) is 6.61 Å². The number of hydrogen-bond donors (Lipinski definition) is 1. The Morgan fingerprint density at radius 1 is 1.28 bits per heavy atom. The van der Waals surface area contributed by atoms with Crippen molar-refractivity contribution in [3.8, 4) is 0 Å². The van der Waals surface area contributed by atoms with Crippen LogP contribution < -0.4 is 5.73 Å². The van der Waals surface area contributed by atoms with E-state index in [4.69, 9.17) is 10.5 Å². The second-order valence-corrected chi connectivity index (χ2v) is 4.96. The van der Waals surface area contributed by atoms with E-state index in [0.29, 0.717) is 6.61 Å². The fourth-order valence-corrected chi connectivity index (χ4v) is 2.48. The Morgan fingerprint density at radius 2 is 2.06 bits per heavy atom. The van der Waals surface area contributed by atoms with Crippen molar-refractivity contribution in [3.63, 3.8) is 0 Å². The molecule has 0 bridgehead atoms. The number of hydrogen-bond acceptors (Lipinski definition) is 3. The third kappa shape index (κ3) is 3.57. The maximum absolute atomic E-state index is 11.8. The van der Waals surface area contributed by atoms with Gasteiger partial charge in [0.25, 0.3) is 0 Å². The molecule has 0 aromatic heterocycles. The number of carbonyl (C=O) groups excluding carboxylic acids is 1. The van der Waals surface area contributed by atoms with Gasteiger partial charge in [-0.1, -0.05) is 36.8 Å². The maximum atomic E-state index is 11.8. The molecule has 3 nitrogen and oxygen atoms in total. The van der Waals surface area contributed by atoms with Crippen molar-refractivity contribution in [2.45, 2.75) is 38.1 Å². The Bertz CT molecular complexity index is 377. The van der Waals surface area contributed by atoms with Gasteiger partial charge in [0.15, 0.2) is 0 Å². The maximum Gasteiger partial charge on any atom is 0.310 e. The van der Waals surface area contributed by atoms with E-state index in [0.717, 1.165) is 32.1 Å². The van der Waals surface area contributed by atoms with Gasteiger partial charge in [-0.25, -0.2) is 0 Å². The first kappa shape index (κ1) is 13.1. The van der Waals surface area contributed by atoms with Crippen molar-refractivity contribution >= 4 is 5.97 Å². The summed E-state index contributed by atoms with van der Waals surface area (Å²) in [5.41, 5.74) is 7.16. The highest BCUT2D eigenvalue weighted by molar-refractivity contribution is 5.73. The molecule has 1 aliphatic carbocycles. The van der Waals surface area contributed by atoms with E-state index >= 15 is 0 Å². The van der Waals surface area contributed by atoms with Crippen LogP contribution >= 0.6 is 0 Å². The van der Waals surface area contributed by atoms with Crippen molar-refractivity contribution in [1.29, 1.82) is 0 Å². The highest BCUT2D eigenvalue weighted by Gasteiger charge is 2.31. The van der Waals surface area contributed by atoms with Crippen LogP contribution in [0.4, 0.5) is 0 Å².